The summed E-state index contributed by atoms with van der Waals surface area (Å²) < 4.78 is 5.81. The average molecular weight is 370 g/mol. The highest BCUT2D eigenvalue weighted by Crippen LogP contribution is 2.23. The zero-order valence-corrected chi connectivity index (χ0v) is 14.9. The summed E-state index contributed by atoms with van der Waals surface area (Å²) in [4.78, 5) is 23.6. The number of carbonyl (C=O) groups excluding carboxylic acids is 2. The number of esters is 1. The Kier molecular flexibility index (Phi) is 5.06. The molecule has 0 atom stereocenters. The standard InChI is InChI=1S/C18H14N2O3S2/c1-23-17(22)12-4-2-11(3-5-12)16(21)20-18(24)19-14-6-7-15-13(10-14)8-9-25-15/h2-10H,1H3,(H2,19,20,21,24). The van der Waals surface area contributed by atoms with Crippen molar-refractivity contribution in [2.45, 2.75) is 0 Å². The highest BCUT2D eigenvalue weighted by molar-refractivity contribution is 7.80. The van der Waals surface area contributed by atoms with Crippen molar-refractivity contribution < 1.29 is 14.3 Å². The Hall–Kier alpha value is -2.77. The maximum absolute atomic E-state index is 12.2. The first-order valence-electron chi connectivity index (χ1n) is 7.35. The van der Waals surface area contributed by atoms with E-state index in [0.29, 0.717) is 11.1 Å². The van der Waals surface area contributed by atoms with Crippen molar-refractivity contribution >= 4 is 56.3 Å². The van der Waals surface area contributed by atoms with Crippen LogP contribution in [0.15, 0.2) is 53.9 Å². The molecule has 1 amide bonds. The highest BCUT2D eigenvalue weighted by atomic mass is 32.1. The van der Waals surface area contributed by atoms with Gasteiger partial charge in [0, 0.05) is 16.0 Å². The third kappa shape index (κ3) is 4.01. The number of hydrogen-bond acceptors (Lipinski definition) is 5. The van der Waals surface area contributed by atoms with Gasteiger partial charge in [-0.3, -0.25) is 10.1 Å². The molecule has 0 saturated carbocycles. The van der Waals surface area contributed by atoms with E-state index in [-0.39, 0.29) is 11.0 Å². The molecule has 0 saturated heterocycles. The first-order chi connectivity index (χ1) is 12.1. The number of ether oxygens (including phenoxy) is 1. The maximum Gasteiger partial charge on any atom is 0.337 e. The Morgan fingerprint density at radius 2 is 1.76 bits per heavy atom. The van der Waals surface area contributed by atoms with Crippen LogP contribution in [0, 0.1) is 0 Å². The van der Waals surface area contributed by atoms with E-state index in [1.54, 1.807) is 23.5 Å². The van der Waals surface area contributed by atoms with Crippen LogP contribution < -0.4 is 10.6 Å². The lowest BCUT2D eigenvalue weighted by molar-refractivity contribution is 0.0600. The number of amides is 1. The van der Waals surface area contributed by atoms with E-state index in [9.17, 15) is 9.59 Å². The predicted molar refractivity (Wildman–Crippen MR) is 103 cm³/mol. The van der Waals surface area contributed by atoms with Gasteiger partial charge in [-0.1, -0.05) is 0 Å². The van der Waals surface area contributed by atoms with Gasteiger partial charge in [0.05, 0.1) is 12.7 Å². The smallest absolute Gasteiger partial charge is 0.337 e. The van der Waals surface area contributed by atoms with Crippen molar-refractivity contribution in [1.29, 1.82) is 0 Å². The molecule has 2 N–H and O–H groups in total. The molecule has 3 rings (SSSR count). The molecular weight excluding hydrogens is 356 g/mol. The van der Waals surface area contributed by atoms with E-state index in [2.05, 4.69) is 15.4 Å². The molecular formula is C18H14N2O3S2. The maximum atomic E-state index is 12.2. The van der Waals surface area contributed by atoms with Crippen LogP contribution in [0.4, 0.5) is 5.69 Å². The van der Waals surface area contributed by atoms with Crippen molar-refractivity contribution in [1.82, 2.24) is 5.32 Å². The van der Waals surface area contributed by atoms with E-state index in [1.807, 2.05) is 29.6 Å². The largest absolute Gasteiger partial charge is 0.465 e. The van der Waals surface area contributed by atoms with Crippen LogP contribution in [-0.2, 0) is 4.74 Å². The summed E-state index contributed by atoms with van der Waals surface area (Å²) in [5.41, 5.74) is 1.58. The first-order valence-corrected chi connectivity index (χ1v) is 8.63. The minimum atomic E-state index is -0.451. The van der Waals surface area contributed by atoms with Gasteiger partial charge >= 0.3 is 5.97 Å². The second-order valence-corrected chi connectivity index (χ2v) is 6.51. The Morgan fingerprint density at radius 3 is 2.48 bits per heavy atom. The number of fused-ring (bicyclic) bond motifs is 1. The molecule has 0 radical (unpaired) electrons. The zero-order valence-electron chi connectivity index (χ0n) is 13.2. The Morgan fingerprint density at radius 1 is 1.04 bits per heavy atom. The Balaban J connectivity index is 1.63. The molecule has 25 heavy (non-hydrogen) atoms. The molecule has 1 aromatic heterocycles. The monoisotopic (exact) mass is 370 g/mol. The van der Waals surface area contributed by atoms with E-state index in [1.165, 1.54) is 23.9 Å². The summed E-state index contributed by atoms with van der Waals surface area (Å²) in [6.07, 6.45) is 0. The number of thiocarbonyl (C=S) groups is 1. The molecule has 0 spiro atoms. The Labute approximate surface area is 153 Å². The van der Waals surface area contributed by atoms with Gasteiger partial charge < -0.3 is 10.1 Å². The molecule has 126 valence electrons. The lowest BCUT2D eigenvalue weighted by Crippen LogP contribution is -2.34. The molecule has 0 aliphatic carbocycles. The number of anilines is 1. The van der Waals surface area contributed by atoms with E-state index in [0.717, 1.165) is 11.1 Å². The van der Waals surface area contributed by atoms with Crippen molar-refractivity contribution in [3.63, 3.8) is 0 Å². The molecule has 2 aromatic carbocycles. The minimum absolute atomic E-state index is 0.205. The molecule has 0 unspecified atom stereocenters. The summed E-state index contributed by atoms with van der Waals surface area (Å²) in [5, 5.41) is 8.95. The summed E-state index contributed by atoms with van der Waals surface area (Å²) in [5.74, 6) is -0.807. The fourth-order valence-electron chi connectivity index (χ4n) is 2.26. The van der Waals surface area contributed by atoms with E-state index < -0.39 is 5.97 Å². The molecule has 0 aliphatic rings. The SMILES string of the molecule is COC(=O)c1ccc(C(=O)NC(=S)Nc2ccc3sccc3c2)cc1. The summed E-state index contributed by atoms with van der Waals surface area (Å²) in [6.45, 7) is 0. The lowest BCUT2D eigenvalue weighted by atomic mass is 10.1. The number of nitrogens with one attached hydrogen (secondary N) is 2. The molecule has 0 bridgehead atoms. The zero-order chi connectivity index (χ0) is 17.8. The number of methoxy groups -OCH3 is 1. The van der Waals surface area contributed by atoms with Crippen LogP contribution >= 0.6 is 23.6 Å². The van der Waals surface area contributed by atoms with Gasteiger partial charge in [-0.05, 0) is 71.5 Å². The summed E-state index contributed by atoms with van der Waals surface area (Å²) in [7, 11) is 1.31. The third-order valence-corrected chi connectivity index (χ3v) is 4.61. The summed E-state index contributed by atoms with van der Waals surface area (Å²) >= 11 is 6.85. The number of hydrogen-bond donors (Lipinski definition) is 2. The van der Waals surface area contributed by atoms with Crippen LogP contribution in [0.2, 0.25) is 0 Å². The lowest BCUT2D eigenvalue weighted by Gasteiger charge is -2.10. The van der Waals surface area contributed by atoms with Crippen molar-refractivity contribution in [3.8, 4) is 0 Å². The normalized spacial score (nSPS) is 10.3. The number of carbonyl (C=O) groups is 2. The Bertz CT molecular complexity index is 948. The highest BCUT2D eigenvalue weighted by Gasteiger charge is 2.10. The fraction of sp³-hybridized carbons (Fsp3) is 0.0556. The van der Waals surface area contributed by atoms with Crippen LogP contribution in [0.1, 0.15) is 20.7 Å². The van der Waals surface area contributed by atoms with Crippen molar-refractivity contribution in [3.05, 3.63) is 65.0 Å². The minimum Gasteiger partial charge on any atom is -0.465 e. The van der Waals surface area contributed by atoms with Crippen molar-refractivity contribution in [2.24, 2.45) is 0 Å². The van der Waals surface area contributed by atoms with Gasteiger partial charge in [0.1, 0.15) is 0 Å². The number of benzene rings is 2. The van der Waals surface area contributed by atoms with Gasteiger partial charge in [-0.15, -0.1) is 11.3 Å². The second kappa shape index (κ2) is 7.42. The number of rotatable bonds is 3. The van der Waals surface area contributed by atoms with Crippen LogP contribution in [-0.4, -0.2) is 24.1 Å². The predicted octanol–water partition coefficient (Wildman–Crippen LogP) is 3.81. The molecule has 0 fully saturated rings. The molecule has 3 aromatic rings. The topological polar surface area (TPSA) is 67.4 Å². The first kappa shape index (κ1) is 17.1. The fourth-order valence-corrected chi connectivity index (χ4v) is 3.24. The van der Waals surface area contributed by atoms with Gasteiger partial charge in [-0.25, -0.2) is 4.79 Å². The van der Waals surface area contributed by atoms with Gasteiger partial charge in [0.2, 0.25) is 0 Å². The van der Waals surface area contributed by atoms with Crippen LogP contribution in [0.5, 0.6) is 0 Å². The number of thiophene rings is 1. The quantitative estimate of drug-likeness (QED) is 0.542. The molecule has 1 heterocycles. The third-order valence-electron chi connectivity index (χ3n) is 3.51. The van der Waals surface area contributed by atoms with E-state index in [4.69, 9.17) is 12.2 Å². The van der Waals surface area contributed by atoms with Gasteiger partial charge in [0.15, 0.2) is 5.11 Å². The molecule has 7 heteroatoms. The van der Waals surface area contributed by atoms with Gasteiger partial charge in [0.25, 0.3) is 5.91 Å². The van der Waals surface area contributed by atoms with E-state index >= 15 is 0 Å². The van der Waals surface area contributed by atoms with Gasteiger partial charge in [-0.2, -0.15) is 0 Å². The second-order valence-electron chi connectivity index (χ2n) is 5.15. The van der Waals surface area contributed by atoms with Crippen LogP contribution in [0.3, 0.4) is 0 Å². The van der Waals surface area contributed by atoms with Crippen molar-refractivity contribution in [2.75, 3.05) is 12.4 Å². The average Bonchev–Trinajstić information content (AvgIpc) is 3.08. The molecule has 0 aliphatic heterocycles. The molecule has 5 nitrogen and oxygen atoms in total. The van der Waals surface area contributed by atoms with Crippen LogP contribution in [0.25, 0.3) is 10.1 Å². The summed E-state index contributed by atoms with van der Waals surface area (Å²) in [6, 6.07) is 14.0.